The maximum absolute atomic E-state index is 13.0. The minimum Gasteiger partial charge on any atom is -0.396 e. The van der Waals surface area contributed by atoms with E-state index in [9.17, 15) is 8.78 Å². The zero-order valence-corrected chi connectivity index (χ0v) is 7.61. The number of H-pyrrole nitrogens is 1. The SMILES string of the molecule is OCCC(F)(F)c1[nH]ncc1Br. The standard InChI is InChI=1S/C6H7BrF2N2O/c7-4-3-10-11-5(4)6(8,9)1-2-12/h3,12H,1-2H2,(H,10,11). The first-order valence-corrected chi connectivity index (χ1v) is 4.05. The van der Waals surface area contributed by atoms with Crippen molar-refractivity contribution in [2.45, 2.75) is 12.3 Å². The summed E-state index contributed by atoms with van der Waals surface area (Å²) in [5.74, 6) is -3.05. The number of halogens is 3. The van der Waals surface area contributed by atoms with Crippen LogP contribution in [-0.4, -0.2) is 21.9 Å². The number of aliphatic hydroxyl groups is 1. The quantitative estimate of drug-likeness (QED) is 0.845. The Balaban J connectivity index is 2.88. The fourth-order valence-corrected chi connectivity index (χ4v) is 1.27. The van der Waals surface area contributed by atoms with E-state index in [0.29, 0.717) is 0 Å². The molecule has 0 saturated carbocycles. The van der Waals surface area contributed by atoms with Crippen LogP contribution < -0.4 is 0 Å². The van der Waals surface area contributed by atoms with Gasteiger partial charge in [-0.2, -0.15) is 13.9 Å². The predicted molar refractivity (Wildman–Crippen MR) is 41.9 cm³/mol. The van der Waals surface area contributed by atoms with Gasteiger partial charge in [-0.25, -0.2) is 0 Å². The first kappa shape index (κ1) is 9.60. The number of hydrogen-bond acceptors (Lipinski definition) is 2. The van der Waals surface area contributed by atoms with Crippen LogP contribution in [0.1, 0.15) is 12.1 Å². The van der Waals surface area contributed by atoms with Crippen LogP contribution in [0.2, 0.25) is 0 Å². The summed E-state index contributed by atoms with van der Waals surface area (Å²) in [4.78, 5) is 0. The Labute approximate surface area is 75.9 Å². The molecular formula is C6H7BrF2N2O. The van der Waals surface area contributed by atoms with Crippen molar-refractivity contribution in [1.29, 1.82) is 0 Å². The third-order valence-electron chi connectivity index (χ3n) is 1.38. The Morgan fingerprint density at radius 3 is 2.75 bits per heavy atom. The van der Waals surface area contributed by atoms with Crippen LogP contribution in [-0.2, 0) is 5.92 Å². The number of rotatable bonds is 3. The minimum atomic E-state index is -3.05. The fraction of sp³-hybridized carbons (Fsp3) is 0.500. The number of nitrogens with zero attached hydrogens (tertiary/aromatic N) is 1. The van der Waals surface area contributed by atoms with E-state index < -0.39 is 19.0 Å². The molecule has 0 atom stereocenters. The van der Waals surface area contributed by atoms with Gasteiger partial charge >= 0.3 is 0 Å². The number of nitrogens with one attached hydrogen (secondary N) is 1. The lowest BCUT2D eigenvalue weighted by molar-refractivity contribution is -0.0317. The number of aliphatic hydroxyl groups excluding tert-OH is 1. The second-order valence-corrected chi connectivity index (χ2v) is 3.13. The molecule has 0 aliphatic carbocycles. The van der Waals surface area contributed by atoms with E-state index in [-0.39, 0.29) is 10.2 Å². The molecule has 0 aliphatic heterocycles. The molecular weight excluding hydrogens is 234 g/mol. The highest BCUT2D eigenvalue weighted by molar-refractivity contribution is 9.10. The van der Waals surface area contributed by atoms with Crippen molar-refractivity contribution in [3.8, 4) is 0 Å². The van der Waals surface area contributed by atoms with Gasteiger partial charge in [0.2, 0.25) is 0 Å². The molecule has 12 heavy (non-hydrogen) atoms. The van der Waals surface area contributed by atoms with Crippen molar-refractivity contribution in [3.05, 3.63) is 16.4 Å². The molecule has 0 unspecified atom stereocenters. The van der Waals surface area contributed by atoms with Gasteiger partial charge in [-0.3, -0.25) is 5.10 Å². The maximum Gasteiger partial charge on any atom is 0.292 e. The normalized spacial score (nSPS) is 12.0. The van der Waals surface area contributed by atoms with Crippen molar-refractivity contribution < 1.29 is 13.9 Å². The van der Waals surface area contributed by atoms with E-state index in [4.69, 9.17) is 5.11 Å². The average Bonchev–Trinajstić information content (AvgIpc) is 2.35. The molecule has 0 saturated heterocycles. The first-order chi connectivity index (χ1) is 5.58. The summed E-state index contributed by atoms with van der Waals surface area (Å²) in [6.45, 7) is -0.557. The molecule has 0 aliphatic rings. The lowest BCUT2D eigenvalue weighted by Crippen LogP contribution is -2.16. The summed E-state index contributed by atoms with van der Waals surface area (Å²) in [6, 6.07) is 0. The Hall–Kier alpha value is -0.490. The third-order valence-corrected chi connectivity index (χ3v) is 1.99. The van der Waals surface area contributed by atoms with Gasteiger partial charge < -0.3 is 5.11 Å². The van der Waals surface area contributed by atoms with Gasteiger partial charge in [0.05, 0.1) is 10.7 Å². The summed E-state index contributed by atoms with van der Waals surface area (Å²) in [6.07, 6.45) is 0.647. The van der Waals surface area contributed by atoms with E-state index in [2.05, 4.69) is 26.1 Å². The van der Waals surface area contributed by atoms with Gasteiger partial charge in [0.25, 0.3) is 5.92 Å². The predicted octanol–water partition coefficient (Wildman–Crippen LogP) is 1.65. The zero-order valence-electron chi connectivity index (χ0n) is 6.02. The largest absolute Gasteiger partial charge is 0.396 e. The van der Waals surface area contributed by atoms with E-state index in [1.807, 2.05) is 0 Å². The highest BCUT2D eigenvalue weighted by Gasteiger charge is 2.34. The fourth-order valence-electron chi connectivity index (χ4n) is 0.793. The molecule has 0 aromatic carbocycles. The van der Waals surface area contributed by atoms with Gasteiger partial charge in [0, 0.05) is 13.0 Å². The second kappa shape index (κ2) is 3.49. The summed E-state index contributed by atoms with van der Waals surface area (Å²) in [7, 11) is 0. The molecule has 0 spiro atoms. The van der Waals surface area contributed by atoms with Crippen LogP contribution in [0.25, 0.3) is 0 Å². The molecule has 2 N–H and O–H groups in total. The molecule has 3 nitrogen and oxygen atoms in total. The summed E-state index contributed by atoms with van der Waals surface area (Å²) in [5, 5.41) is 14.0. The lowest BCUT2D eigenvalue weighted by Gasteiger charge is -2.12. The van der Waals surface area contributed by atoms with E-state index >= 15 is 0 Å². The smallest absolute Gasteiger partial charge is 0.292 e. The summed E-state index contributed by atoms with van der Waals surface area (Å²) < 4.78 is 26.2. The first-order valence-electron chi connectivity index (χ1n) is 3.26. The molecule has 68 valence electrons. The molecule has 0 radical (unpaired) electrons. The van der Waals surface area contributed by atoms with Gasteiger partial charge in [-0.15, -0.1) is 0 Å². The summed E-state index contributed by atoms with van der Waals surface area (Å²) in [5.41, 5.74) is -0.295. The van der Waals surface area contributed by atoms with E-state index in [1.165, 1.54) is 6.20 Å². The molecule has 0 bridgehead atoms. The van der Waals surface area contributed by atoms with Crippen LogP contribution in [0.5, 0.6) is 0 Å². The van der Waals surface area contributed by atoms with Crippen LogP contribution >= 0.6 is 15.9 Å². The van der Waals surface area contributed by atoms with E-state index in [0.717, 1.165) is 0 Å². The molecule has 1 heterocycles. The lowest BCUT2D eigenvalue weighted by atomic mass is 10.2. The van der Waals surface area contributed by atoms with Crippen LogP contribution in [0, 0.1) is 0 Å². The molecule has 0 fully saturated rings. The third kappa shape index (κ3) is 1.81. The molecule has 1 rings (SSSR count). The van der Waals surface area contributed by atoms with Crippen molar-refractivity contribution in [2.75, 3.05) is 6.61 Å². The highest BCUT2D eigenvalue weighted by atomic mass is 79.9. The highest BCUT2D eigenvalue weighted by Crippen LogP contribution is 2.34. The zero-order chi connectivity index (χ0) is 9.19. The summed E-state index contributed by atoms with van der Waals surface area (Å²) >= 11 is 2.92. The Bertz CT molecular complexity index is 264. The Morgan fingerprint density at radius 2 is 2.33 bits per heavy atom. The van der Waals surface area contributed by atoms with Crippen molar-refractivity contribution in [1.82, 2.24) is 10.2 Å². The molecule has 1 aromatic heterocycles. The Kier molecular flexibility index (Phi) is 2.79. The van der Waals surface area contributed by atoms with Crippen LogP contribution in [0.3, 0.4) is 0 Å². The van der Waals surface area contributed by atoms with Crippen molar-refractivity contribution in [2.24, 2.45) is 0 Å². The van der Waals surface area contributed by atoms with Gasteiger partial charge in [-0.1, -0.05) is 0 Å². The number of hydrogen-bond donors (Lipinski definition) is 2. The van der Waals surface area contributed by atoms with Crippen molar-refractivity contribution >= 4 is 15.9 Å². The topological polar surface area (TPSA) is 48.9 Å². The Morgan fingerprint density at radius 1 is 1.67 bits per heavy atom. The number of aromatic amines is 1. The average molecular weight is 241 g/mol. The second-order valence-electron chi connectivity index (χ2n) is 2.27. The van der Waals surface area contributed by atoms with Gasteiger partial charge in [-0.05, 0) is 15.9 Å². The monoisotopic (exact) mass is 240 g/mol. The molecule has 6 heteroatoms. The maximum atomic E-state index is 13.0. The molecule has 1 aromatic rings. The molecule has 0 amide bonds. The number of alkyl halides is 2. The number of aromatic nitrogens is 2. The minimum absolute atomic E-state index is 0.223. The van der Waals surface area contributed by atoms with Crippen LogP contribution in [0.4, 0.5) is 8.78 Å². The van der Waals surface area contributed by atoms with Crippen LogP contribution in [0.15, 0.2) is 10.7 Å². The van der Waals surface area contributed by atoms with Gasteiger partial charge in [0.1, 0.15) is 5.69 Å². The van der Waals surface area contributed by atoms with Crippen molar-refractivity contribution in [3.63, 3.8) is 0 Å². The van der Waals surface area contributed by atoms with Gasteiger partial charge in [0.15, 0.2) is 0 Å². The van der Waals surface area contributed by atoms with E-state index in [1.54, 1.807) is 0 Å².